The van der Waals surface area contributed by atoms with Crippen LogP contribution in [0.1, 0.15) is 19.3 Å². The van der Waals surface area contributed by atoms with E-state index in [1.165, 1.54) is 4.90 Å². The van der Waals surface area contributed by atoms with Gasteiger partial charge in [0, 0.05) is 12.6 Å². The number of nitrogens with one attached hydrogen (secondary N) is 1. The molecule has 1 saturated heterocycles. The van der Waals surface area contributed by atoms with E-state index >= 15 is 0 Å². The summed E-state index contributed by atoms with van der Waals surface area (Å²) in [6, 6.07) is -0.605. The monoisotopic (exact) mass is 259 g/mol. The predicted octanol–water partition coefficient (Wildman–Crippen LogP) is -0.270. The molecule has 1 heterocycles. The van der Waals surface area contributed by atoms with Gasteiger partial charge in [-0.1, -0.05) is 0 Å². The van der Waals surface area contributed by atoms with Gasteiger partial charge in [0.2, 0.25) is 0 Å². The Hall–Kier alpha value is -1.99. The molecule has 1 rings (SSSR count). The molecule has 1 aliphatic heterocycles. The minimum atomic E-state index is -0.920. The zero-order valence-corrected chi connectivity index (χ0v) is 9.92. The van der Waals surface area contributed by atoms with Crippen LogP contribution < -0.4 is 11.1 Å². The van der Waals surface area contributed by atoms with Crippen molar-refractivity contribution in [2.24, 2.45) is 5.73 Å². The highest BCUT2D eigenvalue weighted by molar-refractivity contribution is 5.76. The number of hydrogen-bond donors (Lipinski definition) is 3. The van der Waals surface area contributed by atoms with Gasteiger partial charge >= 0.3 is 18.1 Å². The first-order valence-corrected chi connectivity index (χ1v) is 5.69. The fourth-order valence-electron chi connectivity index (χ4n) is 1.93. The number of likely N-dealkylation sites (tertiary alicyclic amines) is 1. The van der Waals surface area contributed by atoms with Crippen molar-refractivity contribution in [1.29, 1.82) is 0 Å². The molecule has 1 unspecified atom stereocenters. The molecular formula is C10H17N3O5. The van der Waals surface area contributed by atoms with Gasteiger partial charge in [0.05, 0.1) is 13.0 Å². The Bertz CT molecular complexity index is 333. The van der Waals surface area contributed by atoms with E-state index in [1.54, 1.807) is 0 Å². The van der Waals surface area contributed by atoms with Gasteiger partial charge in [-0.15, -0.1) is 0 Å². The molecule has 0 aromatic rings. The second-order valence-corrected chi connectivity index (χ2v) is 3.99. The van der Waals surface area contributed by atoms with E-state index in [-0.39, 0.29) is 31.6 Å². The van der Waals surface area contributed by atoms with E-state index < -0.39 is 12.1 Å². The SMILES string of the molecule is NC(=O)OCCNC(=O)N1CCCC1CC(=O)O. The van der Waals surface area contributed by atoms with Crippen LogP contribution in [0.2, 0.25) is 0 Å². The van der Waals surface area contributed by atoms with Crippen LogP contribution in [0.3, 0.4) is 0 Å². The van der Waals surface area contributed by atoms with Gasteiger partial charge in [0.1, 0.15) is 6.61 Å². The fourth-order valence-corrected chi connectivity index (χ4v) is 1.93. The maximum Gasteiger partial charge on any atom is 0.404 e. The van der Waals surface area contributed by atoms with Gasteiger partial charge in [-0.05, 0) is 12.8 Å². The maximum absolute atomic E-state index is 11.7. The second-order valence-electron chi connectivity index (χ2n) is 3.99. The third-order valence-corrected chi connectivity index (χ3v) is 2.67. The summed E-state index contributed by atoms with van der Waals surface area (Å²) in [6.07, 6.45) is 0.542. The molecule has 1 atom stereocenters. The van der Waals surface area contributed by atoms with Crippen LogP contribution in [0.15, 0.2) is 0 Å². The Morgan fingerprint density at radius 2 is 2.17 bits per heavy atom. The summed E-state index contributed by atoms with van der Waals surface area (Å²) in [5.41, 5.74) is 4.76. The minimum absolute atomic E-state index is 0.00148. The zero-order chi connectivity index (χ0) is 13.5. The minimum Gasteiger partial charge on any atom is -0.481 e. The number of amides is 3. The maximum atomic E-state index is 11.7. The highest BCUT2D eigenvalue weighted by Gasteiger charge is 2.30. The first kappa shape index (κ1) is 14.1. The number of carboxylic acids is 1. The number of rotatable bonds is 5. The van der Waals surface area contributed by atoms with Gasteiger partial charge in [-0.3, -0.25) is 4.79 Å². The lowest BCUT2D eigenvalue weighted by Gasteiger charge is -2.23. The average Bonchev–Trinajstić information content (AvgIpc) is 2.71. The molecule has 18 heavy (non-hydrogen) atoms. The van der Waals surface area contributed by atoms with Crippen LogP contribution in [-0.2, 0) is 9.53 Å². The van der Waals surface area contributed by atoms with Crippen LogP contribution in [0, 0.1) is 0 Å². The van der Waals surface area contributed by atoms with E-state index in [0.717, 1.165) is 6.42 Å². The number of carbonyl (C=O) groups excluding carboxylic acids is 2. The lowest BCUT2D eigenvalue weighted by molar-refractivity contribution is -0.137. The van der Waals surface area contributed by atoms with E-state index in [1.807, 2.05) is 0 Å². The number of primary amides is 1. The largest absolute Gasteiger partial charge is 0.481 e. The van der Waals surface area contributed by atoms with Crippen molar-refractivity contribution in [2.45, 2.75) is 25.3 Å². The number of aliphatic carboxylic acids is 1. The Kier molecular flexibility index (Phi) is 5.22. The molecule has 0 aromatic heterocycles. The Labute approximate surface area is 104 Å². The first-order chi connectivity index (χ1) is 8.50. The topological polar surface area (TPSA) is 122 Å². The summed E-state index contributed by atoms with van der Waals surface area (Å²) in [4.78, 5) is 34.1. The van der Waals surface area contributed by atoms with Crippen LogP contribution in [-0.4, -0.2) is 53.8 Å². The Balaban J connectivity index is 2.31. The fraction of sp³-hybridized carbons (Fsp3) is 0.700. The van der Waals surface area contributed by atoms with Gasteiger partial charge in [0.25, 0.3) is 0 Å². The van der Waals surface area contributed by atoms with E-state index in [2.05, 4.69) is 10.1 Å². The standard InChI is InChI=1S/C10H17N3O5/c11-9(16)18-5-3-12-10(17)13-4-1-2-7(13)6-8(14)15/h7H,1-6H2,(H2,11,16)(H,12,17)(H,14,15). The molecule has 8 nitrogen and oxygen atoms in total. The predicted molar refractivity (Wildman–Crippen MR) is 60.9 cm³/mol. The zero-order valence-electron chi connectivity index (χ0n) is 9.92. The molecule has 1 aliphatic rings. The summed E-state index contributed by atoms with van der Waals surface area (Å²) in [5.74, 6) is -0.920. The summed E-state index contributed by atoms with van der Waals surface area (Å²) in [7, 11) is 0. The number of urea groups is 1. The van der Waals surface area contributed by atoms with E-state index in [0.29, 0.717) is 13.0 Å². The lowest BCUT2D eigenvalue weighted by atomic mass is 10.1. The molecule has 3 amide bonds. The van der Waals surface area contributed by atoms with Crippen molar-refractivity contribution in [3.63, 3.8) is 0 Å². The first-order valence-electron chi connectivity index (χ1n) is 5.69. The van der Waals surface area contributed by atoms with Crippen molar-refractivity contribution in [1.82, 2.24) is 10.2 Å². The number of nitrogens with zero attached hydrogens (tertiary/aromatic N) is 1. The van der Waals surface area contributed by atoms with E-state index in [9.17, 15) is 14.4 Å². The van der Waals surface area contributed by atoms with Crippen molar-refractivity contribution in [2.75, 3.05) is 19.7 Å². The van der Waals surface area contributed by atoms with E-state index in [4.69, 9.17) is 10.8 Å². The third-order valence-electron chi connectivity index (χ3n) is 2.67. The molecule has 0 aliphatic carbocycles. The molecule has 0 radical (unpaired) electrons. The van der Waals surface area contributed by atoms with Gasteiger partial charge in [0.15, 0.2) is 0 Å². The molecule has 0 saturated carbocycles. The number of carbonyl (C=O) groups is 3. The quantitative estimate of drug-likeness (QED) is 0.587. The average molecular weight is 259 g/mol. The van der Waals surface area contributed by atoms with Crippen molar-refractivity contribution in [3.05, 3.63) is 0 Å². The lowest BCUT2D eigenvalue weighted by Crippen LogP contribution is -2.44. The summed E-state index contributed by atoms with van der Waals surface area (Å²) >= 11 is 0. The molecule has 4 N–H and O–H groups in total. The molecule has 0 aromatic carbocycles. The molecule has 1 fully saturated rings. The number of ether oxygens (including phenoxy) is 1. The third kappa shape index (κ3) is 4.48. The van der Waals surface area contributed by atoms with Crippen molar-refractivity contribution in [3.8, 4) is 0 Å². The van der Waals surface area contributed by atoms with Crippen LogP contribution in [0.5, 0.6) is 0 Å². The number of hydrogen-bond acceptors (Lipinski definition) is 4. The van der Waals surface area contributed by atoms with Crippen LogP contribution in [0.25, 0.3) is 0 Å². The van der Waals surface area contributed by atoms with Gasteiger partial charge in [-0.2, -0.15) is 0 Å². The number of carboxylic acid groups (broad SMARTS) is 1. The summed E-state index contributed by atoms with van der Waals surface area (Å²) < 4.78 is 4.46. The summed E-state index contributed by atoms with van der Waals surface area (Å²) in [6.45, 7) is 0.691. The molecule has 0 spiro atoms. The Morgan fingerprint density at radius 3 is 2.78 bits per heavy atom. The van der Waals surface area contributed by atoms with Gasteiger partial charge < -0.3 is 25.8 Å². The molecule has 0 bridgehead atoms. The van der Waals surface area contributed by atoms with Gasteiger partial charge in [-0.25, -0.2) is 9.59 Å². The molecule has 8 heteroatoms. The molecular weight excluding hydrogens is 242 g/mol. The second kappa shape index (κ2) is 6.67. The van der Waals surface area contributed by atoms with Crippen LogP contribution in [0.4, 0.5) is 9.59 Å². The summed E-state index contributed by atoms with van der Waals surface area (Å²) in [5, 5.41) is 11.3. The van der Waals surface area contributed by atoms with Crippen molar-refractivity contribution >= 4 is 18.1 Å². The molecule has 102 valence electrons. The van der Waals surface area contributed by atoms with Crippen LogP contribution >= 0.6 is 0 Å². The number of nitrogens with two attached hydrogens (primary N) is 1. The Morgan fingerprint density at radius 1 is 1.44 bits per heavy atom. The smallest absolute Gasteiger partial charge is 0.404 e. The highest BCUT2D eigenvalue weighted by Crippen LogP contribution is 2.19. The highest BCUT2D eigenvalue weighted by atomic mass is 16.5. The normalized spacial score (nSPS) is 18.4. The van der Waals surface area contributed by atoms with Crippen molar-refractivity contribution < 1.29 is 24.2 Å².